The number of nitrogens with zero attached hydrogens (tertiary/aromatic N) is 3. The van der Waals surface area contributed by atoms with Gasteiger partial charge in [0.05, 0.1) is 0 Å². The van der Waals surface area contributed by atoms with E-state index in [1.165, 1.54) is 12.1 Å². The summed E-state index contributed by atoms with van der Waals surface area (Å²) in [5.74, 6) is -4.86. The molecule has 0 heterocycles. The van der Waals surface area contributed by atoms with Crippen molar-refractivity contribution in [3.05, 3.63) is 40.3 Å². The molecule has 0 saturated carbocycles. The Kier molecular flexibility index (Phi) is 4.56. The maximum absolute atomic E-state index is 13.4. The van der Waals surface area contributed by atoms with E-state index in [4.69, 9.17) is 22.1 Å². The smallest absolute Gasteiger partial charge is 0.188 e. The fourth-order valence-electron chi connectivity index (χ4n) is 0.984. The molecule has 98 valence electrons. The number of rotatable bonds is 3. The highest BCUT2D eigenvalue weighted by Crippen LogP contribution is 2.29. The lowest BCUT2D eigenvalue weighted by molar-refractivity contribution is 0.381. The second kappa shape index (κ2) is 5.94. The van der Waals surface area contributed by atoms with E-state index in [0.717, 1.165) is 0 Å². The van der Waals surface area contributed by atoms with Gasteiger partial charge in [0.25, 0.3) is 0 Å². The molecule has 19 heavy (non-hydrogen) atoms. The van der Waals surface area contributed by atoms with Crippen LogP contribution in [0.1, 0.15) is 0 Å². The van der Waals surface area contributed by atoms with Crippen LogP contribution < -0.4 is 10.7 Å². The average Bonchev–Trinajstić information content (AvgIpc) is 2.41. The van der Waals surface area contributed by atoms with Crippen molar-refractivity contribution in [1.29, 1.82) is 10.5 Å². The standard InChI is InChI=1S/C10H3ClF4N4/c11-8-6(12)1-7(9(13)10(8)14)19(15)18-4-5(2-16)3-17/h1,4,18H. The molecule has 9 heteroatoms. The summed E-state index contributed by atoms with van der Waals surface area (Å²) in [6, 6.07) is 3.08. The van der Waals surface area contributed by atoms with Crippen LogP contribution >= 0.6 is 11.6 Å². The van der Waals surface area contributed by atoms with E-state index in [9.17, 15) is 17.7 Å². The number of hydrazine groups is 1. The SMILES string of the molecule is N#CC(C#N)=CNN(F)c1cc(F)c(Cl)c(F)c1F. The van der Waals surface area contributed by atoms with Crippen molar-refractivity contribution in [3.8, 4) is 12.1 Å². The predicted molar refractivity (Wildman–Crippen MR) is 57.4 cm³/mol. The van der Waals surface area contributed by atoms with Crippen molar-refractivity contribution in [2.24, 2.45) is 0 Å². The molecule has 0 radical (unpaired) electrons. The number of nitrogens with one attached hydrogen (secondary N) is 1. The number of nitriles is 2. The van der Waals surface area contributed by atoms with E-state index in [1.54, 1.807) is 5.43 Å². The van der Waals surface area contributed by atoms with Crippen LogP contribution in [0.2, 0.25) is 5.02 Å². The highest BCUT2D eigenvalue weighted by molar-refractivity contribution is 6.31. The summed E-state index contributed by atoms with van der Waals surface area (Å²) in [6.45, 7) is 0. The topological polar surface area (TPSA) is 62.9 Å². The maximum atomic E-state index is 13.4. The molecule has 0 atom stereocenters. The Hall–Kier alpha value is -2.45. The van der Waals surface area contributed by atoms with Crippen molar-refractivity contribution < 1.29 is 17.7 Å². The number of allylic oxidation sites excluding steroid dienone is 1. The van der Waals surface area contributed by atoms with Crippen LogP contribution in [-0.4, -0.2) is 0 Å². The Morgan fingerprint density at radius 1 is 1.26 bits per heavy atom. The second-order valence-electron chi connectivity index (χ2n) is 3.01. The maximum Gasteiger partial charge on any atom is 0.188 e. The van der Waals surface area contributed by atoms with E-state index in [1.807, 2.05) is 0 Å². The molecule has 4 nitrogen and oxygen atoms in total. The van der Waals surface area contributed by atoms with Crippen molar-refractivity contribution in [3.63, 3.8) is 0 Å². The Labute approximate surface area is 109 Å². The van der Waals surface area contributed by atoms with Crippen molar-refractivity contribution in [2.45, 2.75) is 0 Å². The number of benzene rings is 1. The average molecular weight is 291 g/mol. The van der Waals surface area contributed by atoms with Gasteiger partial charge in [-0.15, -0.1) is 5.23 Å². The summed E-state index contributed by atoms with van der Waals surface area (Å²) >= 11 is 5.08. The van der Waals surface area contributed by atoms with Crippen LogP contribution in [0.25, 0.3) is 0 Å². The summed E-state index contributed by atoms with van der Waals surface area (Å²) in [6.07, 6.45) is 0.587. The molecule has 0 bridgehead atoms. The van der Waals surface area contributed by atoms with E-state index in [2.05, 4.69) is 0 Å². The zero-order valence-corrected chi connectivity index (χ0v) is 9.64. The molecule has 0 aliphatic heterocycles. The molecule has 0 unspecified atom stereocenters. The van der Waals surface area contributed by atoms with E-state index in [-0.39, 0.29) is 0 Å². The third-order valence-corrected chi connectivity index (χ3v) is 2.20. The van der Waals surface area contributed by atoms with E-state index >= 15 is 0 Å². The van der Waals surface area contributed by atoms with E-state index < -0.39 is 39.0 Å². The van der Waals surface area contributed by atoms with Gasteiger partial charge in [0.15, 0.2) is 11.6 Å². The van der Waals surface area contributed by atoms with Crippen LogP contribution in [-0.2, 0) is 0 Å². The van der Waals surface area contributed by atoms with Crippen LogP contribution in [0.3, 0.4) is 0 Å². The van der Waals surface area contributed by atoms with Gasteiger partial charge < -0.3 is 0 Å². The molecular weight excluding hydrogens is 288 g/mol. The molecule has 1 aromatic rings. The Balaban J connectivity index is 3.09. The van der Waals surface area contributed by atoms with Gasteiger partial charge in [0.2, 0.25) is 0 Å². The van der Waals surface area contributed by atoms with Crippen molar-refractivity contribution in [1.82, 2.24) is 5.43 Å². The first-order valence-electron chi connectivity index (χ1n) is 4.47. The first-order chi connectivity index (χ1) is 8.92. The zero-order chi connectivity index (χ0) is 14.6. The summed E-state index contributed by atoms with van der Waals surface area (Å²) in [4.78, 5) is 0. The Morgan fingerprint density at radius 3 is 2.37 bits per heavy atom. The van der Waals surface area contributed by atoms with Gasteiger partial charge in [-0.05, 0) is 0 Å². The van der Waals surface area contributed by atoms with Crippen LogP contribution in [0.4, 0.5) is 23.3 Å². The Bertz CT molecular complexity index is 601. The fourth-order valence-corrected chi connectivity index (χ4v) is 1.12. The normalized spacial score (nSPS) is 9.21. The summed E-state index contributed by atoms with van der Waals surface area (Å²) in [5.41, 5.74) is -0.00432. The summed E-state index contributed by atoms with van der Waals surface area (Å²) in [7, 11) is 0. The molecule has 0 fully saturated rings. The minimum Gasteiger partial charge on any atom is -0.275 e. The van der Waals surface area contributed by atoms with Crippen LogP contribution in [0.15, 0.2) is 17.8 Å². The van der Waals surface area contributed by atoms with Crippen LogP contribution in [0, 0.1) is 40.1 Å². The van der Waals surface area contributed by atoms with Gasteiger partial charge in [0.1, 0.15) is 34.2 Å². The highest BCUT2D eigenvalue weighted by atomic mass is 35.5. The number of anilines is 1. The summed E-state index contributed by atoms with van der Waals surface area (Å²) < 4.78 is 52.7. The van der Waals surface area contributed by atoms with Gasteiger partial charge in [0, 0.05) is 12.3 Å². The molecule has 0 aliphatic rings. The molecule has 1 N–H and O–H groups in total. The quantitative estimate of drug-likeness (QED) is 0.232. The van der Waals surface area contributed by atoms with Crippen molar-refractivity contribution in [2.75, 3.05) is 5.23 Å². The molecule has 1 rings (SSSR count). The fraction of sp³-hybridized carbons (Fsp3) is 0. The molecule has 1 aromatic carbocycles. The van der Waals surface area contributed by atoms with Gasteiger partial charge in [-0.25, -0.2) is 13.2 Å². The lowest BCUT2D eigenvalue weighted by Crippen LogP contribution is -2.27. The first-order valence-corrected chi connectivity index (χ1v) is 4.85. The third-order valence-electron chi connectivity index (χ3n) is 1.86. The first kappa shape index (κ1) is 14.6. The monoisotopic (exact) mass is 290 g/mol. The predicted octanol–water partition coefficient (Wildman–Crippen LogP) is 2.88. The lowest BCUT2D eigenvalue weighted by atomic mass is 10.3. The van der Waals surface area contributed by atoms with Gasteiger partial charge >= 0.3 is 0 Å². The molecule has 0 aromatic heterocycles. The van der Waals surface area contributed by atoms with Gasteiger partial charge in [-0.3, -0.25) is 5.43 Å². The van der Waals surface area contributed by atoms with Crippen LogP contribution in [0.5, 0.6) is 0 Å². The largest absolute Gasteiger partial charge is 0.275 e. The minimum atomic E-state index is -1.76. The lowest BCUT2D eigenvalue weighted by Gasteiger charge is -2.14. The number of hydrogen-bond acceptors (Lipinski definition) is 4. The zero-order valence-electron chi connectivity index (χ0n) is 8.89. The molecular formula is C10H3ClF4N4. The number of hydrogen-bond donors (Lipinski definition) is 1. The van der Waals surface area contributed by atoms with Gasteiger partial charge in [-0.1, -0.05) is 16.1 Å². The second-order valence-corrected chi connectivity index (χ2v) is 3.39. The third kappa shape index (κ3) is 3.06. The molecule has 0 amide bonds. The van der Waals surface area contributed by atoms with Crippen molar-refractivity contribution >= 4 is 17.3 Å². The van der Waals surface area contributed by atoms with E-state index in [0.29, 0.717) is 12.3 Å². The molecule has 0 aliphatic carbocycles. The summed E-state index contributed by atoms with van der Waals surface area (Å²) in [5, 5.41) is 15.0. The van der Waals surface area contributed by atoms with Gasteiger partial charge in [-0.2, -0.15) is 10.5 Å². The molecule has 0 saturated heterocycles. The Morgan fingerprint density at radius 2 is 1.84 bits per heavy atom. The minimum absolute atomic E-state index is 0.306. The highest BCUT2D eigenvalue weighted by Gasteiger charge is 2.21. The molecule has 0 spiro atoms. The number of halogens is 5.